The monoisotopic (exact) mass is 315 g/mol. The standard InChI is InChI=1S/C12H11.2ClH.Zr/c1-10-7-8-12(9-10)11-5-3-2-4-6-11;;;/h2-6,9H,8H2,1H3;2*1H;/q-1;;;+3/p-2. The summed E-state index contributed by atoms with van der Waals surface area (Å²) in [7, 11) is 0. The van der Waals surface area contributed by atoms with Crippen LogP contribution >= 0.6 is 0 Å². The second kappa shape index (κ2) is 8.33. The van der Waals surface area contributed by atoms with Gasteiger partial charge in [-0.05, 0) is 5.56 Å². The molecule has 2 rings (SSSR count). The average molecular weight is 317 g/mol. The maximum atomic E-state index is 3.29. The number of hydrogen-bond donors (Lipinski definition) is 0. The van der Waals surface area contributed by atoms with Gasteiger partial charge in [-0.1, -0.05) is 37.3 Å². The normalized spacial score (nSPS) is 12.6. The van der Waals surface area contributed by atoms with Gasteiger partial charge in [-0.25, -0.2) is 11.6 Å². The van der Waals surface area contributed by atoms with Crippen LogP contribution in [0.15, 0.2) is 42.0 Å². The topological polar surface area (TPSA) is 0 Å². The molecule has 0 aromatic heterocycles. The fourth-order valence-electron chi connectivity index (χ4n) is 1.44. The average Bonchev–Trinajstić information content (AvgIpc) is 2.54. The molecule has 1 aliphatic carbocycles. The van der Waals surface area contributed by atoms with Crippen LogP contribution in [0.3, 0.4) is 0 Å². The van der Waals surface area contributed by atoms with E-state index in [1.165, 1.54) is 16.7 Å². The zero-order chi connectivity index (χ0) is 8.39. The number of benzene rings is 1. The summed E-state index contributed by atoms with van der Waals surface area (Å²) in [5, 5.41) is 0. The maximum absolute atomic E-state index is 3.29. The minimum atomic E-state index is 0. The van der Waals surface area contributed by atoms with Gasteiger partial charge in [0.1, 0.15) is 0 Å². The Bertz CT molecular complexity index is 342. The van der Waals surface area contributed by atoms with Crippen molar-refractivity contribution >= 4 is 5.57 Å². The molecule has 0 saturated heterocycles. The van der Waals surface area contributed by atoms with Gasteiger partial charge in [-0.3, -0.25) is 6.08 Å². The summed E-state index contributed by atoms with van der Waals surface area (Å²) in [6.45, 7) is 2.09. The van der Waals surface area contributed by atoms with Crippen molar-refractivity contribution in [3.8, 4) is 0 Å². The van der Waals surface area contributed by atoms with Crippen LogP contribution in [0.1, 0.15) is 18.9 Å². The molecule has 1 aliphatic rings. The van der Waals surface area contributed by atoms with E-state index in [-0.39, 0.29) is 51.0 Å². The molecule has 0 saturated carbocycles. The van der Waals surface area contributed by atoms with Gasteiger partial charge in [0, 0.05) is 0 Å². The van der Waals surface area contributed by atoms with Crippen LogP contribution in [-0.4, -0.2) is 0 Å². The third-order valence-electron chi connectivity index (χ3n) is 2.09. The summed E-state index contributed by atoms with van der Waals surface area (Å²) < 4.78 is 0. The Morgan fingerprint density at radius 2 is 1.67 bits per heavy atom. The van der Waals surface area contributed by atoms with E-state index >= 15 is 0 Å². The van der Waals surface area contributed by atoms with E-state index < -0.39 is 0 Å². The number of allylic oxidation sites excluding steroid dienone is 4. The number of rotatable bonds is 1. The van der Waals surface area contributed by atoms with Crippen LogP contribution in [-0.2, 0) is 26.2 Å². The molecule has 0 amide bonds. The van der Waals surface area contributed by atoms with E-state index in [0.717, 1.165) is 6.42 Å². The summed E-state index contributed by atoms with van der Waals surface area (Å²) >= 11 is 0. The molecule has 0 spiro atoms. The predicted octanol–water partition coefficient (Wildman–Crippen LogP) is -2.77. The first-order chi connectivity index (χ1) is 5.86. The SMILES string of the molecule is CC1=[C-]CC(c2ccccc2)=C1.[Cl-].[Cl-].[Zr+3]. The van der Waals surface area contributed by atoms with Gasteiger partial charge in [-0.15, -0.1) is 12.0 Å². The molecule has 1 aromatic rings. The first kappa shape index (κ1) is 17.6. The van der Waals surface area contributed by atoms with E-state index in [4.69, 9.17) is 0 Å². The minimum Gasteiger partial charge on any atom is -1.00 e. The van der Waals surface area contributed by atoms with Crippen molar-refractivity contribution in [2.45, 2.75) is 13.3 Å². The van der Waals surface area contributed by atoms with Crippen molar-refractivity contribution in [2.24, 2.45) is 0 Å². The summed E-state index contributed by atoms with van der Waals surface area (Å²) in [5.41, 5.74) is 3.96. The van der Waals surface area contributed by atoms with Gasteiger partial charge in [0.25, 0.3) is 0 Å². The van der Waals surface area contributed by atoms with E-state index in [9.17, 15) is 0 Å². The Balaban J connectivity index is 0. The minimum absolute atomic E-state index is 0. The molecule has 1 aromatic carbocycles. The van der Waals surface area contributed by atoms with Crippen LogP contribution in [0.4, 0.5) is 0 Å². The summed E-state index contributed by atoms with van der Waals surface area (Å²) in [6.07, 6.45) is 6.46. The van der Waals surface area contributed by atoms with Crippen molar-refractivity contribution in [1.29, 1.82) is 0 Å². The van der Waals surface area contributed by atoms with Gasteiger partial charge in [0.2, 0.25) is 0 Å². The van der Waals surface area contributed by atoms with Crippen molar-refractivity contribution in [2.75, 3.05) is 0 Å². The molecule has 77 valence electrons. The molecule has 0 atom stereocenters. The fraction of sp³-hybridized carbons (Fsp3) is 0.167. The summed E-state index contributed by atoms with van der Waals surface area (Å²) in [6, 6.07) is 10.5. The smallest absolute Gasteiger partial charge is 1.00 e. The maximum Gasteiger partial charge on any atom is 3.00 e. The second-order valence-corrected chi connectivity index (χ2v) is 3.07. The molecular weight excluding hydrogens is 306 g/mol. The second-order valence-electron chi connectivity index (χ2n) is 3.07. The number of hydrogen-bond acceptors (Lipinski definition) is 0. The van der Waals surface area contributed by atoms with Crippen molar-refractivity contribution in [3.05, 3.63) is 53.6 Å². The zero-order valence-electron chi connectivity index (χ0n) is 8.43. The van der Waals surface area contributed by atoms with Crippen molar-refractivity contribution in [1.82, 2.24) is 0 Å². The molecule has 0 fully saturated rings. The summed E-state index contributed by atoms with van der Waals surface area (Å²) in [4.78, 5) is 0. The van der Waals surface area contributed by atoms with Gasteiger partial charge < -0.3 is 24.8 Å². The van der Waals surface area contributed by atoms with Gasteiger partial charge >= 0.3 is 26.2 Å². The van der Waals surface area contributed by atoms with Gasteiger partial charge in [-0.2, -0.15) is 0 Å². The van der Waals surface area contributed by atoms with Crippen LogP contribution in [0.2, 0.25) is 0 Å². The fourth-order valence-corrected chi connectivity index (χ4v) is 1.44. The Morgan fingerprint density at radius 3 is 2.13 bits per heavy atom. The Labute approximate surface area is 123 Å². The largest absolute Gasteiger partial charge is 3.00 e. The van der Waals surface area contributed by atoms with E-state index in [1.807, 2.05) is 6.07 Å². The molecule has 0 N–H and O–H groups in total. The van der Waals surface area contributed by atoms with Crippen LogP contribution in [0.25, 0.3) is 5.57 Å². The first-order valence-electron chi connectivity index (χ1n) is 4.20. The van der Waals surface area contributed by atoms with Crippen molar-refractivity contribution in [3.63, 3.8) is 0 Å². The Hall–Kier alpha value is 0.163. The molecule has 0 heterocycles. The van der Waals surface area contributed by atoms with Crippen LogP contribution < -0.4 is 24.8 Å². The Morgan fingerprint density at radius 1 is 1.07 bits per heavy atom. The molecule has 0 nitrogen and oxygen atoms in total. The first-order valence-corrected chi connectivity index (χ1v) is 4.20. The van der Waals surface area contributed by atoms with Crippen molar-refractivity contribution < 1.29 is 51.0 Å². The van der Waals surface area contributed by atoms with Crippen LogP contribution in [0.5, 0.6) is 0 Å². The molecule has 15 heavy (non-hydrogen) atoms. The molecule has 0 unspecified atom stereocenters. The molecule has 1 radical (unpaired) electrons. The van der Waals surface area contributed by atoms with E-state index in [0.29, 0.717) is 0 Å². The molecule has 3 heteroatoms. The third kappa shape index (κ3) is 4.68. The third-order valence-corrected chi connectivity index (χ3v) is 2.09. The van der Waals surface area contributed by atoms with Gasteiger partial charge in [0.15, 0.2) is 0 Å². The molecular formula is C12H11Cl2Zr. The van der Waals surface area contributed by atoms with Crippen LogP contribution in [0, 0.1) is 6.08 Å². The molecule has 0 aliphatic heterocycles. The van der Waals surface area contributed by atoms with Gasteiger partial charge in [0.05, 0.1) is 0 Å². The number of halogens is 2. The van der Waals surface area contributed by atoms with E-state index in [1.54, 1.807) is 0 Å². The zero-order valence-corrected chi connectivity index (χ0v) is 12.4. The molecule has 0 bridgehead atoms. The summed E-state index contributed by atoms with van der Waals surface area (Å²) in [5.74, 6) is 0. The Kier molecular flexibility index (Phi) is 9.75. The predicted molar refractivity (Wildman–Crippen MR) is 51.5 cm³/mol. The van der Waals surface area contributed by atoms with E-state index in [2.05, 4.69) is 43.3 Å². The quantitative estimate of drug-likeness (QED) is 0.492.